The topological polar surface area (TPSA) is 36.5 Å². The first-order valence-corrected chi connectivity index (χ1v) is 9.30. The molecule has 7 heteroatoms. The van der Waals surface area contributed by atoms with Crippen molar-refractivity contribution in [3.05, 3.63) is 59.7 Å². The lowest BCUT2D eigenvalue weighted by atomic mass is 10.1. The Bertz CT molecular complexity index is 704. The molecule has 0 aliphatic rings. The van der Waals surface area contributed by atoms with E-state index in [1.807, 2.05) is 0 Å². The molecule has 0 bridgehead atoms. The highest BCUT2D eigenvalue weighted by atomic mass is 32.1. The average molecular weight is 394 g/mol. The summed E-state index contributed by atoms with van der Waals surface area (Å²) in [6.45, 7) is 5.12. The Balaban J connectivity index is 1.79. The van der Waals surface area contributed by atoms with E-state index in [1.165, 1.54) is 17.7 Å². The largest absolute Gasteiger partial charge is 0.435 e. The summed E-state index contributed by atoms with van der Waals surface area (Å²) in [5, 5.41) is 6.61. The first-order valence-electron chi connectivity index (χ1n) is 8.90. The fraction of sp³-hybridized carbons (Fsp3) is 0.350. The maximum absolute atomic E-state index is 12.1. The van der Waals surface area contributed by atoms with E-state index in [0.717, 1.165) is 25.2 Å². The van der Waals surface area contributed by atoms with Gasteiger partial charge in [0.1, 0.15) is 5.75 Å². The van der Waals surface area contributed by atoms with Crippen LogP contribution < -0.4 is 15.4 Å². The molecule has 2 N–H and O–H groups in total. The van der Waals surface area contributed by atoms with Crippen LogP contribution in [-0.4, -0.2) is 29.7 Å². The Morgan fingerprint density at radius 3 is 2.15 bits per heavy atom. The lowest BCUT2D eigenvalue weighted by molar-refractivity contribution is -0.0498. The van der Waals surface area contributed by atoms with Gasteiger partial charge in [-0.15, -0.1) is 0 Å². The zero-order valence-corrected chi connectivity index (χ0v) is 16.4. The number of anilines is 1. The zero-order chi connectivity index (χ0) is 19.6. The molecular weight excluding hydrogens is 368 g/mol. The fourth-order valence-electron chi connectivity index (χ4n) is 2.55. The smallest absolute Gasteiger partial charge is 0.387 e. The third kappa shape index (κ3) is 7.48. The van der Waals surface area contributed by atoms with Crippen molar-refractivity contribution >= 4 is 23.0 Å². The van der Waals surface area contributed by atoms with Gasteiger partial charge < -0.3 is 15.4 Å². The van der Waals surface area contributed by atoms with Crippen molar-refractivity contribution in [2.75, 3.05) is 18.4 Å². The summed E-state index contributed by atoms with van der Waals surface area (Å²) in [4.78, 5) is 2.37. The Morgan fingerprint density at radius 1 is 1.00 bits per heavy atom. The highest BCUT2D eigenvalue weighted by Gasteiger charge is 2.05. The number of hydrogen-bond donors (Lipinski definition) is 2. The van der Waals surface area contributed by atoms with Crippen LogP contribution >= 0.6 is 12.2 Å². The standard InChI is InChI=1S/C20H25F2N3OS/c1-3-25(4-2)14-16-7-5-15(6-8-16)13-23-20(27)24-17-9-11-18(12-10-17)26-19(21)22/h5-12,19H,3-4,13-14H2,1-2H3,(H2,23,24,27). The summed E-state index contributed by atoms with van der Waals surface area (Å²) in [6, 6.07) is 14.6. The van der Waals surface area contributed by atoms with Crippen molar-refractivity contribution in [3.8, 4) is 5.75 Å². The van der Waals surface area contributed by atoms with Crippen molar-refractivity contribution < 1.29 is 13.5 Å². The van der Waals surface area contributed by atoms with E-state index in [-0.39, 0.29) is 5.75 Å². The van der Waals surface area contributed by atoms with Crippen LogP contribution in [0.25, 0.3) is 0 Å². The number of nitrogens with one attached hydrogen (secondary N) is 2. The molecule has 0 aromatic heterocycles. The number of benzene rings is 2. The second-order valence-corrected chi connectivity index (χ2v) is 6.40. The maximum Gasteiger partial charge on any atom is 0.387 e. The predicted octanol–water partition coefficient (Wildman–Crippen LogP) is 4.62. The average Bonchev–Trinajstić information content (AvgIpc) is 2.66. The van der Waals surface area contributed by atoms with Gasteiger partial charge in [0.15, 0.2) is 5.11 Å². The van der Waals surface area contributed by atoms with Gasteiger partial charge >= 0.3 is 6.61 Å². The van der Waals surface area contributed by atoms with Gasteiger partial charge in [-0.25, -0.2) is 0 Å². The van der Waals surface area contributed by atoms with Crippen LogP contribution in [-0.2, 0) is 13.1 Å². The van der Waals surface area contributed by atoms with E-state index in [2.05, 4.69) is 58.4 Å². The molecule has 2 aromatic carbocycles. The van der Waals surface area contributed by atoms with E-state index in [1.54, 1.807) is 12.1 Å². The summed E-state index contributed by atoms with van der Waals surface area (Å²) in [5.41, 5.74) is 3.11. The summed E-state index contributed by atoms with van der Waals surface area (Å²) >= 11 is 5.27. The number of ether oxygens (including phenoxy) is 1. The summed E-state index contributed by atoms with van der Waals surface area (Å²) in [5.74, 6) is 0.110. The lowest BCUT2D eigenvalue weighted by Gasteiger charge is -2.18. The van der Waals surface area contributed by atoms with Crippen LogP contribution in [0.1, 0.15) is 25.0 Å². The molecule has 0 heterocycles. The lowest BCUT2D eigenvalue weighted by Crippen LogP contribution is -2.27. The second kappa shape index (κ2) is 10.8. The number of rotatable bonds is 9. The number of nitrogens with zero attached hydrogens (tertiary/aromatic N) is 1. The molecular formula is C20H25F2N3OS. The summed E-state index contributed by atoms with van der Waals surface area (Å²) < 4.78 is 28.6. The van der Waals surface area contributed by atoms with Gasteiger partial charge in [-0.3, -0.25) is 4.90 Å². The molecule has 2 rings (SSSR count). The highest BCUT2D eigenvalue weighted by Crippen LogP contribution is 2.17. The van der Waals surface area contributed by atoms with Gasteiger partial charge in [0.25, 0.3) is 0 Å². The normalized spacial score (nSPS) is 10.9. The van der Waals surface area contributed by atoms with Gasteiger partial charge in [-0.1, -0.05) is 38.1 Å². The molecule has 0 aliphatic heterocycles. The zero-order valence-electron chi connectivity index (χ0n) is 15.5. The Labute approximate surface area is 164 Å². The van der Waals surface area contributed by atoms with Crippen molar-refractivity contribution in [3.63, 3.8) is 0 Å². The molecule has 0 amide bonds. The minimum Gasteiger partial charge on any atom is -0.435 e. The quantitative estimate of drug-likeness (QED) is 0.608. The summed E-state index contributed by atoms with van der Waals surface area (Å²) in [6.07, 6.45) is 0. The Morgan fingerprint density at radius 2 is 1.59 bits per heavy atom. The van der Waals surface area contributed by atoms with Crippen molar-refractivity contribution in [1.82, 2.24) is 10.2 Å². The van der Waals surface area contributed by atoms with Crippen LogP contribution in [0.5, 0.6) is 5.75 Å². The fourth-order valence-corrected chi connectivity index (χ4v) is 2.74. The molecule has 0 saturated heterocycles. The van der Waals surface area contributed by atoms with Crippen LogP contribution in [0.4, 0.5) is 14.5 Å². The van der Waals surface area contributed by atoms with Gasteiger partial charge in [0.2, 0.25) is 0 Å². The molecule has 0 atom stereocenters. The Hall–Kier alpha value is -2.25. The van der Waals surface area contributed by atoms with Gasteiger partial charge in [-0.05, 0) is 60.7 Å². The molecule has 0 spiro atoms. The van der Waals surface area contributed by atoms with Gasteiger partial charge in [0.05, 0.1) is 0 Å². The predicted molar refractivity (Wildman–Crippen MR) is 109 cm³/mol. The van der Waals surface area contributed by atoms with Crippen molar-refractivity contribution in [1.29, 1.82) is 0 Å². The minimum atomic E-state index is -2.83. The van der Waals surface area contributed by atoms with Crippen LogP contribution in [0, 0.1) is 0 Å². The maximum atomic E-state index is 12.1. The Kier molecular flexibility index (Phi) is 8.42. The van der Waals surface area contributed by atoms with Crippen molar-refractivity contribution in [2.24, 2.45) is 0 Å². The third-order valence-corrected chi connectivity index (χ3v) is 4.36. The van der Waals surface area contributed by atoms with Gasteiger partial charge in [0, 0.05) is 18.8 Å². The van der Waals surface area contributed by atoms with E-state index in [4.69, 9.17) is 12.2 Å². The highest BCUT2D eigenvalue weighted by molar-refractivity contribution is 7.80. The van der Waals surface area contributed by atoms with E-state index in [0.29, 0.717) is 17.3 Å². The molecule has 4 nitrogen and oxygen atoms in total. The van der Waals surface area contributed by atoms with Crippen LogP contribution in [0.3, 0.4) is 0 Å². The van der Waals surface area contributed by atoms with E-state index < -0.39 is 6.61 Å². The van der Waals surface area contributed by atoms with E-state index >= 15 is 0 Å². The number of halogens is 2. The van der Waals surface area contributed by atoms with Crippen LogP contribution in [0.2, 0.25) is 0 Å². The monoisotopic (exact) mass is 393 g/mol. The summed E-state index contributed by atoms with van der Waals surface area (Å²) in [7, 11) is 0. The molecule has 2 aromatic rings. The van der Waals surface area contributed by atoms with Gasteiger partial charge in [-0.2, -0.15) is 8.78 Å². The first-order chi connectivity index (χ1) is 13.0. The molecule has 0 fully saturated rings. The molecule has 0 unspecified atom stereocenters. The third-order valence-electron chi connectivity index (χ3n) is 4.11. The number of hydrogen-bond acceptors (Lipinski definition) is 3. The molecule has 146 valence electrons. The first kappa shape index (κ1) is 21.1. The molecule has 0 saturated carbocycles. The van der Waals surface area contributed by atoms with Crippen molar-refractivity contribution in [2.45, 2.75) is 33.5 Å². The second-order valence-electron chi connectivity index (χ2n) is 5.99. The molecule has 27 heavy (non-hydrogen) atoms. The van der Waals surface area contributed by atoms with E-state index in [9.17, 15) is 8.78 Å². The minimum absolute atomic E-state index is 0.110. The number of thiocarbonyl (C=S) groups is 1. The molecule has 0 aliphatic carbocycles. The SMILES string of the molecule is CCN(CC)Cc1ccc(CNC(=S)Nc2ccc(OC(F)F)cc2)cc1. The number of alkyl halides is 2. The van der Waals surface area contributed by atoms with Crippen LogP contribution in [0.15, 0.2) is 48.5 Å². The molecule has 0 radical (unpaired) electrons.